The standard InChI is InChI=1S/C18H21F3N4O2/c1-23-13-15(16(22-23)18(19,20)21)17(26)25-9-7-24(8-10-25)11-12-27-14-5-3-2-4-6-14/h2-6,13H,7-12H2,1H3. The Balaban J connectivity index is 1.51. The van der Waals surface area contributed by atoms with Crippen molar-refractivity contribution in [1.29, 1.82) is 0 Å². The van der Waals surface area contributed by atoms with E-state index < -0.39 is 23.3 Å². The lowest BCUT2D eigenvalue weighted by molar-refractivity contribution is -0.141. The van der Waals surface area contributed by atoms with Crippen LogP contribution in [0.5, 0.6) is 5.75 Å². The maximum atomic E-state index is 13.1. The molecule has 0 bridgehead atoms. The minimum absolute atomic E-state index is 0.371. The molecule has 0 aliphatic carbocycles. The summed E-state index contributed by atoms with van der Waals surface area (Å²) in [5.41, 5.74) is -1.53. The number of piperazine rings is 1. The monoisotopic (exact) mass is 382 g/mol. The Morgan fingerprint density at radius 3 is 2.44 bits per heavy atom. The first-order valence-corrected chi connectivity index (χ1v) is 8.65. The van der Waals surface area contributed by atoms with Crippen LogP contribution in [0.1, 0.15) is 16.1 Å². The van der Waals surface area contributed by atoms with Gasteiger partial charge in [-0.05, 0) is 12.1 Å². The molecule has 1 aliphatic rings. The lowest BCUT2D eigenvalue weighted by atomic mass is 10.2. The molecule has 0 N–H and O–H groups in total. The van der Waals surface area contributed by atoms with Crippen LogP contribution in [-0.4, -0.2) is 64.8 Å². The first-order valence-electron chi connectivity index (χ1n) is 8.65. The van der Waals surface area contributed by atoms with E-state index >= 15 is 0 Å². The molecule has 27 heavy (non-hydrogen) atoms. The van der Waals surface area contributed by atoms with Crippen LogP contribution in [0.15, 0.2) is 36.5 Å². The summed E-state index contributed by atoms with van der Waals surface area (Å²) in [6.07, 6.45) is -3.52. The second-order valence-electron chi connectivity index (χ2n) is 6.36. The van der Waals surface area contributed by atoms with Gasteiger partial charge in [0.25, 0.3) is 5.91 Å². The molecule has 2 aromatic rings. The Labute approximate surface area is 155 Å². The summed E-state index contributed by atoms with van der Waals surface area (Å²) >= 11 is 0. The second-order valence-corrected chi connectivity index (χ2v) is 6.36. The highest BCUT2D eigenvalue weighted by Gasteiger charge is 2.40. The molecule has 1 amide bonds. The number of hydrogen-bond acceptors (Lipinski definition) is 4. The lowest BCUT2D eigenvalue weighted by Gasteiger charge is -2.34. The van der Waals surface area contributed by atoms with Gasteiger partial charge in [0, 0.05) is 46.0 Å². The highest BCUT2D eigenvalue weighted by atomic mass is 19.4. The van der Waals surface area contributed by atoms with Gasteiger partial charge >= 0.3 is 6.18 Å². The first-order chi connectivity index (χ1) is 12.8. The fourth-order valence-electron chi connectivity index (χ4n) is 3.01. The molecule has 1 fully saturated rings. The zero-order valence-corrected chi connectivity index (χ0v) is 14.9. The number of alkyl halides is 3. The Morgan fingerprint density at radius 1 is 1.15 bits per heavy atom. The molecule has 1 saturated heterocycles. The average molecular weight is 382 g/mol. The van der Waals surface area contributed by atoms with Crippen LogP contribution in [0.3, 0.4) is 0 Å². The Hall–Kier alpha value is -2.55. The van der Waals surface area contributed by atoms with E-state index in [-0.39, 0.29) is 0 Å². The number of ether oxygens (including phenoxy) is 1. The number of para-hydroxylation sites is 1. The number of carbonyl (C=O) groups is 1. The van der Waals surface area contributed by atoms with Crippen molar-refractivity contribution in [1.82, 2.24) is 19.6 Å². The van der Waals surface area contributed by atoms with Crippen molar-refractivity contribution in [2.45, 2.75) is 6.18 Å². The fraction of sp³-hybridized carbons (Fsp3) is 0.444. The molecule has 1 aliphatic heterocycles. The number of halogens is 3. The van der Waals surface area contributed by atoms with Crippen molar-refractivity contribution in [2.24, 2.45) is 7.05 Å². The number of benzene rings is 1. The van der Waals surface area contributed by atoms with Crippen LogP contribution < -0.4 is 4.74 Å². The predicted molar refractivity (Wildman–Crippen MR) is 92.5 cm³/mol. The van der Waals surface area contributed by atoms with Crippen LogP contribution >= 0.6 is 0 Å². The summed E-state index contributed by atoms with van der Waals surface area (Å²) in [5, 5.41) is 3.40. The number of nitrogens with zero attached hydrogens (tertiary/aromatic N) is 4. The van der Waals surface area contributed by atoms with Crippen molar-refractivity contribution in [3.05, 3.63) is 47.8 Å². The number of hydrogen-bond donors (Lipinski definition) is 0. The van der Waals surface area contributed by atoms with Gasteiger partial charge in [0.05, 0.1) is 5.56 Å². The molecular formula is C18H21F3N4O2. The molecule has 146 valence electrons. The van der Waals surface area contributed by atoms with E-state index in [0.29, 0.717) is 39.3 Å². The molecule has 1 aromatic heterocycles. The summed E-state index contributed by atoms with van der Waals surface area (Å²) < 4.78 is 45.9. The summed E-state index contributed by atoms with van der Waals surface area (Å²) in [6, 6.07) is 9.46. The maximum Gasteiger partial charge on any atom is 0.435 e. The van der Waals surface area contributed by atoms with E-state index in [1.807, 2.05) is 30.3 Å². The third-order valence-corrected chi connectivity index (χ3v) is 4.41. The molecule has 0 unspecified atom stereocenters. The normalized spacial score (nSPS) is 15.8. The predicted octanol–water partition coefficient (Wildman–Crippen LogP) is 2.28. The first kappa shape index (κ1) is 19.2. The van der Waals surface area contributed by atoms with E-state index in [9.17, 15) is 18.0 Å². The van der Waals surface area contributed by atoms with E-state index in [2.05, 4.69) is 10.00 Å². The summed E-state index contributed by atoms with van der Waals surface area (Å²) in [4.78, 5) is 16.1. The van der Waals surface area contributed by atoms with Crippen molar-refractivity contribution < 1.29 is 22.7 Å². The van der Waals surface area contributed by atoms with Crippen LogP contribution in [0.4, 0.5) is 13.2 Å². The average Bonchev–Trinajstić information content (AvgIpc) is 3.05. The molecule has 0 saturated carbocycles. The minimum Gasteiger partial charge on any atom is -0.492 e. The molecule has 0 spiro atoms. The molecule has 2 heterocycles. The van der Waals surface area contributed by atoms with Crippen molar-refractivity contribution in [3.8, 4) is 5.75 Å². The second kappa shape index (κ2) is 7.99. The SMILES string of the molecule is Cn1cc(C(=O)N2CCN(CCOc3ccccc3)CC2)c(C(F)(F)F)n1. The van der Waals surface area contributed by atoms with Crippen LogP contribution in [0, 0.1) is 0 Å². The van der Waals surface area contributed by atoms with E-state index in [1.54, 1.807) is 0 Å². The zero-order chi connectivity index (χ0) is 19.4. The van der Waals surface area contributed by atoms with Gasteiger partial charge in [-0.3, -0.25) is 14.4 Å². The van der Waals surface area contributed by atoms with Gasteiger partial charge in [-0.15, -0.1) is 0 Å². The maximum absolute atomic E-state index is 13.1. The van der Waals surface area contributed by atoms with Gasteiger partial charge < -0.3 is 9.64 Å². The van der Waals surface area contributed by atoms with Crippen molar-refractivity contribution in [2.75, 3.05) is 39.3 Å². The highest BCUT2D eigenvalue weighted by molar-refractivity contribution is 5.95. The zero-order valence-electron chi connectivity index (χ0n) is 14.9. The van der Waals surface area contributed by atoms with Crippen LogP contribution in [-0.2, 0) is 13.2 Å². The van der Waals surface area contributed by atoms with Gasteiger partial charge in [0.2, 0.25) is 0 Å². The molecular weight excluding hydrogens is 361 g/mol. The van der Waals surface area contributed by atoms with Gasteiger partial charge in [0.15, 0.2) is 5.69 Å². The summed E-state index contributed by atoms with van der Waals surface area (Å²) in [5.74, 6) is 0.165. The van der Waals surface area contributed by atoms with Crippen LogP contribution in [0.25, 0.3) is 0 Å². The number of aryl methyl sites for hydroxylation is 1. The molecule has 9 heteroatoms. The topological polar surface area (TPSA) is 50.6 Å². The fourth-order valence-corrected chi connectivity index (χ4v) is 3.01. The molecule has 1 aromatic carbocycles. The number of carbonyl (C=O) groups excluding carboxylic acids is 1. The summed E-state index contributed by atoms with van der Waals surface area (Å²) in [7, 11) is 1.37. The Morgan fingerprint density at radius 2 is 1.81 bits per heavy atom. The number of aromatic nitrogens is 2. The quantitative estimate of drug-likeness (QED) is 0.796. The van der Waals surface area contributed by atoms with E-state index in [1.165, 1.54) is 11.9 Å². The minimum atomic E-state index is -4.65. The largest absolute Gasteiger partial charge is 0.492 e. The molecule has 0 radical (unpaired) electrons. The Bertz CT molecular complexity index is 769. The van der Waals surface area contributed by atoms with Crippen molar-refractivity contribution in [3.63, 3.8) is 0 Å². The smallest absolute Gasteiger partial charge is 0.435 e. The van der Waals surface area contributed by atoms with Crippen LogP contribution in [0.2, 0.25) is 0 Å². The molecule has 6 nitrogen and oxygen atoms in total. The number of rotatable bonds is 5. The molecule has 3 rings (SSSR count). The van der Waals surface area contributed by atoms with E-state index in [0.717, 1.165) is 16.6 Å². The third kappa shape index (κ3) is 4.79. The third-order valence-electron chi connectivity index (χ3n) is 4.41. The number of amides is 1. The van der Waals surface area contributed by atoms with Gasteiger partial charge in [-0.2, -0.15) is 18.3 Å². The van der Waals surface area contributed by atoms with Crippen molar-refractivity contribution >= 4 is 5.91 Å². The lowest BCUT2D eigenvalue weighted by Crippen LogP contribution is -2.49. The highest BCUT2D eigenvalue weighted by Crippen LogP contribution is 2.31. The molecule has 0 atom stereocenters. The Kier molecular flexibility index (Phi) is 5.69. The van der Waals surface area contributed by atoms with Gasteiger partial charge in [0.1, 0.15) is 12.4 Å². The van der Waals surface area contributed by atoms with Gasteiger partial charge in [-0.1, -0.05) is 18.2 Å². The van der Waals surface area contributed by atoms with Gasteiger partial charge in [-0.25, -0.2) is 0 Å². The van der Waals surface area contributed by atoms with E-state index in [4.69, 9.17) is 4.74 Å². The summed E-state index contributed by atoms with van der Waals surface area (Å²) in [6.45, 7) is 3.13.